The fourth-order valence-corrected chi connectivity index (χ4v) is 2.78. The van der Waals surface area contributed by atoms with E-state index in [1.165, 1.54) is 0 Å². The molecule has 1 aromatic heterocycles. The van der Waals surface area contributed by atoms with E-state index in [-0.39, 0.29) is 23.0 Å². The van der Waals surface area contributed by atoms with Gasteiger partial charge in [0.05, 0.1) is 5.69 Å². The molecule has 1 aliphatic rings. The van der Waals surface area contributed by atoms with Crippen LogP contribution in [0.5, 0.6) is 0 Å². The van der Waals surface area contributed by atoms with Gasteiger partial charge in [0.15, 0.2) is 6.19 Å². The molecule has 0 fully saturated rings. The van der Waals surface area contributed by atoms with Gasteiger partial charge >= 0.3 is 0 Å². The number of aromatic nitrogens is 1. The van der Waals surface area contributed by atoms with Crippen molar-refractivity contribution in [2.24, 2.45) is 4.99 Å². The molecular formula is C17H17N9. The van der Waals surface area contributed by atoms with Crippen molar-refractivity contribution in [2.75, 3.05) is 35.8 Å². The number of rotatable bonds is 2. The summed E-state index contributed by atoms with van der Waals surface area (Å²) in [6.45, 7) is 0. The molecule has 9 heteroatoms. The summed E-state index contributed by atoms with van der Waals surface area (Å²) in [6.07, 6.45) is 1.82. The summed E-state index contributed by atoms with van der Waals surface area (Å²) in [5, 5.41) is 23.6. The van der Waals surface area contributed by atoms with Gasteiger partial charge in [0.25, 0.3) is 0 Å². The highest BCUT2D eigenvalue weighted by molar-refractivity contribution is 5.98. The Labute approximate surface area is 150 Å². The van der Waals surface area contributed by atoms with E-state index >= 15 is 0 Å². The average Bonchev–Trinajstić information content (AvgIpc) is 2.61. The highest BCUT2D eigenvalue weighted by Gasteiger charge is 2.29. The third kappa shape index (κ3) is 2.78. The lowest BCUT2D eigenvalue weighted by Gasteiger charge is -2.26. The number of nitrogens with two attached hydrogens (primary N) is 2. The molecule has 6 N–H and O–H groups in total. The van der Waals surface area contributed by atoms with Crippen LogP contribution in [0.25, 0.3) is 0 Å². The van der Waals surface area contributed by atoms with Crippen LogP contribution in [0.3, 0.4) is 0 Å². The van der Waals surface area contributed by atoms with Gasteiger partial charge in [-0.15, -0.1) is 0 Å². The van der Waals surface area contributed by atoms with E-state index in [0.29, 0.717) is 11.4 Å². The lowest BCUT2D eigenvalue weighted by atomic mass is 9.95. The van der Waals surface area contributed by atoms with E-state index in [1.807, 2.05) is 55.5 Å². The molecule has 3 rings (SSSR count). The first kappa shape index (κ1) is 16.9. The van der Waals surface area contributed by atoms with E-state index in [1.54, 1.807) is 0 Å². The zero-order chi connectivity index (χ0) is 18.8. The summed E-state index contributed by atoms with van der Waals surface area (Å²) in [5.41, 5.74) is 14.8. The maximum absolute atomic E-state index is 9.32. The van der Waals surface area contributed by atoms with Gasteiger partial charge in [-0.3, -0.25) is 5.32 Å². The first-order valence-electron chi connectivity index (χ1n) is 7.72. The second kappa shape index (κ2) is 6.49. The molecular weight excluding hydrogens is 330 g/mol. The van der Waals surface area contributed by atoms with E-state index in [0.717, 1.165) is 11.3 Å². The van der Waals surface area contributed by atoms with E-state index in [4.69, 9.17) is 16.7 Å². The summed E-state index contributed by atoms with van der Waals surface area (Å²) in [6, 6.07) is 9.20. The van der Waals surface area contributed by atoms with E-state index in [2.05, 4.69) is 20.6 Å². The fraction of sp³-hybridized carbons (Fsp3) is 0.176. The standard InChI is InChI=1S/C17H17N9/c1-26(2)10-5-3-9(4-6-10)14-12-13(20)11(7-18)15(21)24-16(12)25-17(23-14)22-8-19/h3-6,14H,1-2H3,(H6,20,21,22,23,24,25). The smallest absolute Gasteiger partial charge is 0.211 e. The first-order chi connectivity index (χ1) is 12.5. The second-order valence-electron chi connectivity index (χ2n) is 5.89. The maximum Gasteiger partial charge on any atom is 0.211 e. The summed E-state index contributed by atoms with van der Waals surface area (Å²) in [5.74, 6) is 0.627. The average molecular weight is 347 g/mol. The largest absolute Gasteiger partial charge is 0.397 e. The number of hydrogen-bond donors (Lipinski definition) is 4. The topological polar surface area (TPSA) is 152 Å². The van der Waals surface area contributed by atoms with Crippen LogP contribution in [0.2, 0.25) is 0 Å². The van der Waals surface area contributed by atoms with Gasteiger partial charge in [0.1, 0.15) is 29.3 Å². The molecule has 2 aromatic rings. The number of anilines is 4. The molecule has 1 aromatic carbocycles. The van der Waals surface area contributed by atoms with Crippen LogP contribution < -0.4 is 27.0 Å². The SMILES string of the molecule is CN(C)c1ccc(C2N=C(NC#N)Nc3nc(N)c(C#N)c(N)c32)cc1. The molecule has 26 heavy (non-hydrogen) atoms. The van der Waals surface area contributed by atoms with Gasteiger partial charge in [-0.1, -0.05) is 12.1 Å². The Morgan fingerprint density at radius 1 is 1.19 bits per heavy atom. The Bertz CT molecular complexity index is 962. The summed E-state index contributed by atoms with van der Waals surface area (Å²) in [7, 11) is 3.90. The van der Waals surface area contributed by atoms with Crippen molar-refractivity contribution < 1.29 is 0 Å². The minimum atomic E-state index is -0.529. The van der Waals surface area contributed by atoms with Crippen molar-refractivity contribution >= 4 is 29.0 Å². The Morgan fingerprint density at radius 3 is 2.46 bits per heavy atom. The molecule has 0 aliphatic carbocycles. The van der Waals surface area contributed by atoms with Crippen LogP contribution in [0.15, 0.2) is 29.3 Å². The minimum Gasteiger partial charge on any atom is -0.397 e. The number of nitrogens with one attached hydrogen (secondary N) is 2. The summed E-state index contributed by atoms with van der Waals surface area (Å²) < 4.78 is 0. The number of benzene rings is 1. The predicted molar refractivity (Wildman–Crippen MR) is 100 cm³/mol. The molecule has 1 atom stereocenters. The lowest BCUT2D eigenvalue weighted by molar-refractivity contribution is 0.846. The molecule has 9 nitrogen and oxygen atoms in total. The van der Waals surface area contributed by atoms with Crippen LogP contribution in [0.1, 0.15) is 22.7 Å². The number of nitrogens with zero attached hydrogens (tertiary/aromatic N) is 5. The number of hydrogen-bond acceptors (Lipinski definition) is 9. The first-order valence-corrected chi connectivity index (χ1v) is 7.72. The molecule has 0 saturated heterocycles. The van der Waals surface area contributed by atoms with Crippen molar-refractivity contribution in [1.82, 2.24) is 10.3 Å². The lowest BCUT2D eigenvalue weighted by Crippen LogP contribution is -2.32. The minimum absolute atomic E-state index is 0.0242. The van der Waals surface area contributed by atoms with E-state index in [9.17, 15) is 5.26 Å². The van der Waals surface area contributed by atoms with Crippen molar-refractivity contribution in [3.63, 3.8) is 0 Å². The Hall–Kier alpha value is -3.98. The predicted octanol–water partition coefficient (Wildman–Crippen LogP) is 1.13. The number of nitrogen functional groups attached to an aromatic ring is 2. The molecule has 0 spiro atoms. The van der Waals surface area contributed by atoms with Crippen LogP contribution in [0.4, 0.5) is 23.0 Å². The highest BCUT2D eigenvalue weighted by Crippen LogP contribution is 2.40. The monoisotopic (exact) mass is 347 g/mol. The third-order valence-electron chi connectivity index (χ3n) is 4.08. The van der Waals surface area contributed by atoms with Crippen LogP contribution in [-0.2, 0) is 0 Å². The highest BCUT2D eigenvalue weighted by atomic mass is 15.2. The van der Waals surface area contributed by atoms with Gasteiger partial charge in [-0.25, -0.2) is 9.98 Å². The van der Waals surface area contributed by atoms with Crippen molar-refractivity contribution in [1.29, 1.82) is 10.5 Å². The van der Waals surface area contributed by atoms with Crippen LogP contribution in [-0.4, -0.2) is 25.0 Å². The van der Waals surface area contributed by atoms with E-state index < -0.39 is 6.04 Å². The molecule has 0 amide bonds. The fourth-order valence-electron chi connectivity index (χ4n) is 2.78. The van der Waals surface area contributed by atoms with Gasteiger partial charge in [0, 0.05) is 25.3 Å². The van der Waals surface area contributed by atoms with Crippen molar-refractivity contribution in [2.45, 2.75) is 6.04 Å². The van der Waals surface area contributed by atoms with Gasteiger partial charge in [0.2, 0.25) is 5.96 Å². The number of nitriles is 2. The maximum atomic E-state index is 9.32. The van der Waals surface area contributed by atoms with Gasteiger partial charge < -0.3 is 21.7 Å². The number of guanidine groups is 1. The molecule has 1 unspecified atom stereocenters. The van der Waals surface area contributed by atoms with Gasteiger partial charge in [-0.05, 0) is 17.7 Å². The Morgan fingerprint density at radius 2 is 1.88 bits per heavy atom. The number of fused-ring (bicyclic) bond motifs is 1. The van der Waals surface area contributed by atoms with Crippen LogP contribution in [0, 0.1) is 22.8 Å². The summed E-state index contributed by atoms with van der Waals surface area (Å²) in [4.78, 5) is 10.7. The Balaban J connectivity index is 2.18. The molecule has 0 radical (unpaired) electrons. The molecule has 1 aliphatic heterocycles. The quantitative estimate of drug-likeness (QED) is 0.466. The molecule has 2 heterocycles. The normalized spacial score (nSPS) is 14.9. The molecule has 0 saturated carbocycles. The molecule has 0 bridgehead atoms. The number of pyridine rings is 1. The third-order valence-corrected chi connectivity index (χ3v) is 4.08. The zero-order valence-corrected chi connectivity index (χ0v) is 14.3. The second-order valence-corrected chi connectivity index (χ2v) is 5.89. The summed E-state index contributed by atoms with van der Waals surface area (Å²) >= 11 is 0. The van der Waals surface area contributed by atoms with Crippen molar-refractivity contribution in [3.8, 4) is 12.3 Å². The number of aliphatic imine (C=N–C) groups is 1. The van der Waals surface area contributed by atoms with Crippen LogP contribution >= 0.6 is 0 Å². The van der Waals surface area contributed by atoms with Crippen molar-refractivity contribution in [3.05, 3.63) is 41.0 Å². The zero-order valence-electron chi connectivity index (χ0n) is 14.3. The van der Waals surface area contributed by atoms with Gasteiger partial charge in [-0.2, -0.15) is 10.5 Å². The Kier molecular flexibility index (Phi) is 4.21. The molecule has 130 valence electrons.